The van der Waals surface area contributed by atoms with Crippen LogP contribution < -0.4 is 4.74 Å². The van der Waals surface area contributed by atoms with Crippen molar-refractivity contribution >= 4 is 11.3 Å². The largest absolute Gasteiger partial charge is 0.497 e. The molecule has 6 nitrogen and oxygen atoms in total. The Morgan fingerprint density at radius 2 is 2.00 bits per heavy atom. The molecule has 0 N–H and O–H groups in total. The lowest BCUT2D eigenvalue weighted by molar-refractivity contribution is 0.0761. The summed E-state index contributed by atoms with van der Waals surface area (Å²) in [5.74, 6) is 1.90. The zero-order valence-corrected chi connectivity index (χ0v) is 14.7. The molecule has 1 aromatic carbocycles. The number of nitrogens with zero attached hydrogens (tertiary/aromatic N) is 3. The van der Waals surface area contributed by atoms with Gasteiger partial charge in [0.15, 0.2) is 0 Å². The first-order valence-electron chi connectivity index (χ1n) is 7.72. The highest BCUT2D eigenvalue weighted by atomic mass is 32.1. The van der Waals surface area contributed by atoms with Crippen LogP contribution in [0.25, 0.3) is 11.4 Å². The smallest absolute Gasteiger partial charge is 0.233 e. The minimum Gasteiger partial charge on any atom is -0.497 e. The molecule has 0 spiro atoms. The van der Waals surface area contributed by atoms with Gasteiger partial charge in [-0.25, -0.2) is 4.98 Å². The van der Waals surface area contributed by atoms with Crippen LogP contribution in [0.5, 0.6) is 5.75 Å². The molecule has 0 aliphatic carbocycles. The standard InChI is InChI=1S/C17H19N3O3S/c1-4-22-11(2)17-18-13(10-24-17)9-15-19-16(20-23-15)12-5-7-14(21-3)8-6-12/h5-8,10-11H,4,9H2,1-3H3. The second-order valence-electron chi connectivity index (χ2n) is 5.19. The van der Waals surface area contributed by atoms with Gasteiger partial charge in [-0.15, -0.1) is 11.3 Å². The molecule has 2 aromatic heterocycles. The average Bonchev–Trinajstić information content (AvgIpc) is 3.25. The number of thiazole rings is 1. The molecule has 1 unspecified atom stereocenters. The second-order valence-corrected chi connectivity index (χ2v) is 6.08. The summed E-state index contributed by atoms with van der Waals surface area (Å²) in [7, 11) is 1.63. The van der Waals surface area contributed by atoms with E-state index >= 15 is 0 Å². The van der Waals surface area contributed by atoms with Gasteiger partial charge in [0, 0.05) is 17.6 Å². The van der Waals surface area contributed by atoms with Crippen LogP contribution in [0.4, 0.5) is 0 Å². The number of hydrogen-bond acceptors (Lipinski definition) is 7. The molecule has 0 bridgehead atoms. The first-order chi connectivity index (χ1) is 11.7. The van der Waals surface area contributed by atoms with Crippen molar-refractivity contribution in [2.75, 3.05) is 13.7 Å². The molecule has 2 heterocycles. The highest BCUT2D eigenvalue weighted by Gasteiger charge is 2.14. The lowest BCUT2D eigenvalue weighted by Gasteiger charge is -2.06. The monoisotopic (exact) mass is 345 g/mol. The molecular formula is C17H19N3O3S. The zero-order chi connectivity index (χ0) is 16.9. The third-order valence-corrected chi connectivity index (χ3v) is 4.54. The van der Waals surface area contributed by atoms with Crippen molar-refractivity contribution in [2.45, 2.75) is 26.4 Å². The molecule has 3 rings (SSSR count). The predicted molar refractivity (Wildman–Crippen MR) is 91.2 cm³/mol. The van der Waals surface area contributed by atoms with Gasteiger partial charge in [0.2, 0.25) is 11.7 Å². The van der Waals surface area contributed by atoms with Crippen molar-refractivity contribution in [3.63, 3.8) is 0 Å². The molecule has 0 saturated heterocycles. The highest BCUT2D eigenvalue weighted by molar-refractivity contribution is 7.09. The molecule has 0 aliphatic heterocycles. The summed E-state index contributed by atoms with van der Waals surface area (Å²) in [6, 6.07) is 7.54. The minimum absolute atomic E-state index is 0.00583. The van der Waals surface area contributed by atoms with Gasteiger partial charge < -0.3 is 14.0 Å². The molecule has 1 atom stereocenters. The summed E-state index contributed by atoms with van der Waals surface area (Å²) in [6.07, 6.45) is 0.518. The van der Waals surface area contributed by atoms with Crippen molar-refractivity contribution in [1.82, 2.24) is 15.1 Å². The summed E-state index contributed by atoms with van der Waals surface area (Å²) in [5.41, 5.74) is 1.79. The molecule has 3 aromatic rings. The van der Waals surface area contributed by atoms with E-state index in [-0.39, 0.29) is 6.10 Å². The van der Waals surface area contributed by atoms with Gasteiger partial charge in [-0.05, 0) is 38.1 Å². The van der Waals surface area contributed by atoms with E-state index in [9.17, 15) is 0 Å². The van der Waals surface area contributed by atoms with Crippen molar-refractivity contribution < 1.29 is 14.0 Å². The van der Waals surface area contributed by atoms with Crippen molar-refractivity contribution in [2.24, 2.45) is 0 Å². The predicted octanol–water partition coefficient (Wildman–Crippen LogP) is 3.89. The number of ether oxygens (including phenoxy) is 2. The fourth-order valence-electron chi connectivity index (χ4n) is 2.25. The molecule has 126 valence electrons. The Morgan fingerprint density at radius 3 is 2.71 bits per heavy atom. The maximum Gasteiger partial charge on any atom is 0.233 e. The lowest BCUT2D eigenvalue weighted by atomic mass is 10.2. The van der Waals surface area contributed by atoms with E-state index < -0.39 is 0 Å². The molecule has 0 fully saturated rings. The molecule has 24 heavy (non-hydrogen) atoms. The van der Waals surface area contributed by atoms with E-state index in [1.807, 2.05) is 43.5 Å². The van der Waals surface area contributed by atoms with E-state index in [0.29, 0.717) is 24.7 Å². The summed E-state index contributed by atoms with van der Waals surface area (Å²) in [5, 5.41) is 7.00. The van der Waals surface area contributed by atoms with Crippen LogP contribution in [0.3, 0.4) is 0 Å². The Morgan fingerprint density at radius 1 is 1.21 bits per heavy atom. The van der Waals surface area contributed by atoms with Gasteiger partial charge in [0.05, 0.1) is 19.2 Å². The van der Waals surface area contributed by atoms with Gasteiger partial charge in [-0.2, -0.15) is 4.98 Å². The summed E-state index contributed by atoms with van der Waals surface area (Å²) < 4.78 is 16.0. The van der Waals surface area contributed by atoms with Crippen molar-refractivity contribution in [3.8, 4) is 17.1 Å². The third-order valence-electron chi connectivity index (χ3n) is 3.48. The average molecular weight is 345 g/mol. The highest BCUT2D eigenvalue weighted by Crippen LogP contribution is 2.23. The molecule has 7 heteroatoms. The van der Waals surface area contributed by atoms with Crippen LogP contribution in [0, 0.1) is 0 Å². The third kappa shape index (κ3) is 3.80. The van der Waals surface area contributed by atoms with E-state index in [1.165, 1.54) is 0 Å². The topological polar surface area (TPSA) is 70.3 Å². The summed E-state index contributed by atoms with van der Waals surface area (Å²) >= 11 is 1.58. The van der Waals surface area contributed by atoms with Crippen molar-refractivity contribution in [3.05, 3.63) is 46.2 Å². The number of aromatic nitrogens is 3. The number of rotatable bonds is 7. The van der Waals surface area contributed by atoms with Crippen LogP contribution in [0.15, 0.2) is 34.2 Å². The first-order valence-corrected chi connectivity index (χ1v) is 8.60. The van der Waals surface area contributed by atoms with Crippen LogP contribution in [0.2, 0.25) is 0 Å². The fourth-order valence-corrected chi connectivity index (χ4v) is 3.07. The van der Waals surface area contributed by atoms with Gasteiger partial charge in [-0.1, -0.05) is 5.16 Å². The number of hydrogen-bond donors (Lipinski definition) is 0. The number of methoxy groups -OCH3 is 1. The molecule has 0 radical (unpaired) electrons. The minimum atomic E-state index is 0.00583. The maximum atomic E-state index is 5.56. The zero-order valence-electron chi connectivity index (χ0n) is 13.9. The van der Waals surface area contributed by atoms with Crippen LogP contribution >= 0.6 is 11.3 Å². The van der Waals surface area contributed by atoms with Crippen molar-refractivity contribution in [1.29, 1.82) is 0 Å². The fraction of sp³-hybridized carbons (Fsp3) is 0.353. The van der Waals surface area contributed by atoms with Gasteiger partial charge in [0.1, 0.15) is 16.9 Å². The Kier molecular flexibility index (Phi) is 5.22. The second kappa shape index (κ2) is 7.55. The van der Waals surface area contributed by atoms with Gasteiger partial charge >= 0.3 is 0 Å². The van der Waals surface area contributed by atoms with Crippen LogP contribution in [0.1, 0.15) is 36.5 Å². The van der Waals surface area contributed by atoms with Gasteiger partial charge in [0.25, 0.3) is 0 Å². The molecule has 0 aliphatic rings. The summed E-state index contributed by atoms with van der Waals surface area (Å²) in [6.45, 7) is 4.65. The maximum absolute atomic E-state index is 5.56. The van der Waals surface area contributed by atoms with E-state index in [1.54, 1.807) is 18.4 Å². The Bertz CT molecular complexity index is 782. The van der Waals surface area contributed by atoms with E-state index in [4.69, 9.17) is 14.0 Å². The van der Waals surface area contributed by atoms with Gasteiger partial charge in [-0.3, -0.25) is 0 Å². The lowest BCUT2D eigenvalue weighted by Crippen LogP contribution is -1.99. The Balaban J connectivity index is 1.69. The molecule has 0 saturated carbocycles. The normalized spacial score (nSPS) is 12.3. The first kappa shape index (κ1) is 16.6. The Labute approximate surface area is 144 Å². The quantitative estimate of drug-likeness (QED) is 0.647. The van der Waals surface area contributed by atoms with Crippen LogP contribution in [-0.4, -0.2) is 28.8 Å². The van der Waals surface area contributed by atoms with E-state index in [0.717, 1.165) is 22.0 Å². The van der Waals surface area contributed by atoms with E-state index in [2.05, 4.69) is 15.1 Å². The summed E-state index contributed by atoms with van der Waals surface area (Å²) in [4.78, 5) is 9.01. The number of benzene rings is 1. The van der Waals surface area contributed by atoms with Crippen LogP contribution in [-0.2, 0) is 11.2 Å². The molecule has 0 amide bonds. The SMILES string of the molecule is CCOC(C)c1nc(Cc2nc(-c3ccc(OC)cc3)no2)cs1. The molecular weight excluding hydrogens is 326 g/mol. The Hall–Kier alpha value is -2.25.